The third-order valence-electron chi connectivity index (χ3n) is 12.4. The van der Waals surface area contributed by atoms with Crippen molar-refractivity contribution in [2.24, 2.45) is 16.7 Å². The predicted octanol–water partition coefficient (Wildman–Crippen LogP) is 3.83. The summed E-state index contributed by atoms with van der Waals surface area (Å²) < 4.78 is 23.9. The van der Waals surface area contributed by atoms with Gasteiger partial charge < -0.3 is 34.9 Å². The van der Waals surface area contributed by atoms with E-state index in [1.165, 1.54) is 5.57 Å². The van der Waals surface area contributed by atoms with Crippen LogP contribution in [0.1, 0.15) is 118 Å². The normalized spacial score (nSPS) is 35.8. The zero-order valence-electron chi connectivity index (χ0n) is 31.0. The second-order valence-electron chi connectivity index (χ2n) is 16.0. The van der Waals surface area contributed by atoms with E-state index in [1.807, 2.05) is 0 Å². The van der Waals surface area contributed by atoms with Gasteiger partial charge in [-0.25, -0.2) is 4.79 Å². The number of ether oxygens (including phenoxy) is 4. The number of ketones is 1. The number of Topliss-reactive ketones (excluding diaryl/α,β-unsaturated/α-hetero) is 1. The van der Waals surface area contributed by atoms with Gasteiger partial charge >= 0.3 is 5.97 Å². The maximum atomic E-state index is 14.0. The van der Waals surface area contributed by atoms with Crippen LogP contribution in [0.25, 0.3) is 0 Å². The van der Waals surface area contributed by atoms with Crippen LogP contribution < -0.4 is 16.0 Å². The minimum absolute atomic E-state index is 0.00227. The van der Waals surface area contributed by atoms with Gasteiger partial charge in [0.1, 0.15) is 17.4 Å². The lowest BCUT2D eigenvalue weighted by Crippen LogP contribution is -2.62. The molecule has 7 atom stereocenters. The van der Waals surface area contributed by atoms with Crippen LogP contribution in [0.3, 0.4) is 0 Å². The number of hydrogen-bond acceptors (Lipinski definition) is 9. The molecule has 0 radical (unpaired) electrons. The third kappa shape index (κ3) is 8.12. The van der Waals surface area contributed by atoms with E-state index in [0.29, 0.717) is 64.5 Å². The van der Waals surface area contributed by atoms with Crippen molar-refractivity contribution in [3.8, 4) is 0 Å². The Morgan fingerprint density at radius 1 is 0.960 bits per heavy atom. The van der Waals surface area contributed by atoms with Gasteiger partial charge in [-0.1, -0.05) is 18.6 Å². The first-order valence-electron chi connectivity index (χ1n) is 18.8. The Kier molecular flexibility index (Phi) is 11.8. The number of fused-ring (bicyclic) bond motifs is 3. The van der Waals surface area contributed by atoms with Crippen LogP contribution >= 0.6 is 0 Å². The zero-order valence-corrected chi connectivity index (χ0v) is 31.0. The molecular formula is C38H59N3O9. The lowest BCUT2D eigenvalue weighted by Gasteiger charge is -2.52. The van der Waals surface area contributed by atoms with Crippen molar-refractivity contribution in [2.45, 2.75) is 154 Å². The Labute approximate surface area is 296 Å². The van der Waals surface area contributed by atoms with E-state index in [0.717, 1.165) is 19.3 Å². The Hall–Kier alpha value is -2.83. The molecule has 3 N–H and O–H groups in total. The summed E-state index contributed by atoms with van der Waals surface area (Å²) in [6.07, 6.45) is 9.66. The fraction of sp³-hybridized carbons (Fsp3) is 0.816. The highest BCUT2D eigenvalue weighted by Crippen LogP contribution is 2.60. The molecule has 6 rings (SSSR count). The lowest BCUT2D eigenvalue weighted by atomic mass is 9.53. The highest BCUT2D eigenvalue weighted by atomic mass is 16.6. The summed E-state index contributed by atoms with van der Waals surface area (Å²) in [6, 6.07) is -0.951. The smallest absolute Gasteiger partial charge is 0.328 e. The molecule has 1 spiro atoms. The molecule has 2 bridgehead atoms. The highest BCUT2D eigenvalue weighted by molar-refractivity contribution is 5.88. The summed E-state index contributed by atoms with van der Waals surface area (Å²) in [4.78, 5) is 63.1. The topological polar surface area (TPSA) is 165 Å². The SMILES string of the molecule is CCC(=O)CCC(=O)N[C@@H](C)C(=O)OCCCNC(=O)C12CCC(C(=O)N[C@@H]3CC[C@]4(CO4)[C@@H](C4(C)O[C@@H]4CC=C(C)C)[C@@H]3OC)(CC1)CC2. The van der Waals surface area contributed by atoms with Gasteiger partial charge in [0.2, 0.25) is 17.7 Å². The van der Waals surface area contributed by atoms with E-state index < -0.39 is 22.8 Å². The van der Waals surface area contributed by atoms with Crippen LogP contribution in [-0.4, -0.2) is 91.8 Å². The molecule has 280 valence electrons. The van der Waals surface area contributed by atoms with Crippen molar-refractivity contribution in [1.29, 1.82) is 0 Å². The first-order valence-corrected chi connectivity index (χ1v) is 18.8. The van der Waals surface area contributed by atoms with Crippen LogP contribution in [0, 0.1) is 16.7 Å². The number of esters is 1. The number of carbonyl (C=O) groups excluding carboxylic acids is 5. The first kappa shape index (κ1) is 38.4. The Bertz CT molecular complexity index is 1310. The molecule has 2 heterocycles. The van der Waals surface area contributed by atoms with E-state index in [9.17, 15) is 24.0 Å². The number of allylic oxidation sites excluding steroid dienone is 1. The van der Waals surface area contributed by atoms with E-state index in [1.54, 1.807) is 21.0 Å². The molecule has 0 aromatic heterocycles. The molecule has 12 heteroatoms. The number of nitrogens with one attached hydrogen (secondary N) is 3. The largest absolute Gasteiger partial charge is 0.464 e. The Morgan fingerprint density at radius 3 is 2.18 bits per heavy atom. The minimum Gasteiger partial charge on any atom is -0.464 e. The summed E-state index contributed by atoms with van der Waals surface area (Å²) in [5, 5.41) is 9.03. The molecule has 6 fully saturated rings. The molecule has 0 aromatic carbocycles. The molecule has 3 amide bonds. The molecule has 50 heavy (non-hydrogen) atoms. The number of hydrogen-bond donors (Lipinski definition) is 3. The molecule has 1 unspecified atom stereocenters. The first-order chi connectivity index (χ1) is 23.7. The van der Waals surface area contributed by atoms with Crippen molar-refractivity contribution in [3.05, 3.63) is 11.6 Å². The number of epoxide rings is 2. The van der Waals surface area contributed by atoms with Gasteiger partial charge in [-0.15, -0.1) is 0 Å². The average molecular weight is 702 g/mol. The maximum absolute atomic E-state index is 14.0. The molecule has 12 nitrogen and oxygen atoms in total. The number of carbonyl (C=O) groups is 5. The molecule has 4 aliphatic carbocycles. The third-order valence-corrected chi connectivity index (χ3v) is 12.4. The standard InChI is InChI=1S/C38H59N3O9/c1-7-26(42)10-12-29(43)40-25(4)32(44)48-22-8-21-39-33(45)36-15-18-37(19-16-36,20-17-36)34(46)41-27-13-14-38(23-49-38)31(30(27)47-6)35(5)28(50-35)11-9-24(2)3/h9,25,27-28,30-31H,7-8,10-23H2,1-6H3,(H,39,45)(H,40,43)(H,41,46)/t25-,27+,28+,30+,31+,35?,36?,37?,38-/m0/s1. The van der Waals surface area contributed by atoms with Gasteiger partial charge in [0.25, 0.3) is 0 Å². The molecular weight excluding hydrogens is 642 g/mol. The van der Waals surface area contributed by atoms with Gasteiger partial charge in [-0.3, -0.25) is 19.2 Å². The quantitative estimate of drug-likeness (QED) is 0.0885. The van der Waals surface area contributed by atoms with E-state index >= 15 is 0 Å². The Morgan fingerprint density at radius 2 is 1.60 bits per heavy atom. The summed E-state index contributed by atoms with van der Waals surface area (Å²) in [6.45, 7) is 10.8. The fourth-order valence-corrected chi connectivity index (χ4v) is 8.89. The second kappa shape index (κ2) is 15.4. The number of rotatable bonds is 17. The molecule has 6 aliphatic rings. The van der Waals surface area contributed by atoms with Crippen molar-refractivity contribution < 1.29 is 42.9 Å². The van der Waals surface area contributed by atoms with Crippen molar-refractivity contribution in [1.82, 2.24) is 16.0 Å². The molecule has 0 aromatic rings. The monoisotopic (exact) mass is 701 g/mol. The van der Waals surface area contributed by atoms with Crippen LogP contribution in [0.4, 0.5) is 0 Å². The average Bonchev–Trinajstić information content (AvgIpc) is 4.03. The van der Waals surface area contributed by atoms with Crippen LogP contribution in [0.2, 0.25) is 0 Å². The van der Waals surface area contributed by atoms with Gasteiger partial charge in [0.05, 0.1) is 37.1 Å². The van der Waals surface area contributed by atoms with Crippen molar-refractivity contribution in [2.75, 3.05) is 26.9 Å². The van der Waals surface area contributed by atoms with Gasteiger partial charge in [0, 0.05) is 49.7 Å². The minimum atomic E-state index is -0.820. The van der Waals surface area contributed by atoms with Gasteiger partial charge in [-0.2, -0.15) is 0 Å². The predicted molar refractivity (Wildman–Crippen MR) is 185 cm³/mol. The summed E-state index contributed by atoms with van der Waals surface area (Å²) >= 11 is 0. The van der Waals surface area contributed by atoms with Gasteiger partial charge in [-0.05, 0) is 91.9 Å². The van der Waals surface area contributed by atoms with E-state index in [2.05, 4.69) is 42.8 Å². The van der Waals surface area contributed by atoms with Crippen LogP contribution in [0.5, 0.6) is 0 Å². The van der Waals surface area contributed by atoms with Gasteiger partial charge in [0.15, 0.2) is 0 Å². The van der Waals surface area contributed by atoms with E-state index in [-0.39, 0.29) is 78.3 Å². The van der Waals surface area contributed by atoms with E-state index in [4.69, 9.17) is 18.9 Å². The number of methoxy groups -OCH3 is 1. The fourth-order valence-electron chi connectivity index (χ4n) is 8.89. The highest BCUT2D eigenvalue weighted by Gasteiger charge is 2.72. The molecule has 2 saturated heterocycles. The summed E-state index contributed by atoms with van der Waals surface area (Å²) in [5.74, 6) is -0.813. The summed E-state index contributed by atoms with van der Waals surface area (Å²) in [7, 11) is 1.73. The summed E-state index contributed by atoms with van der Waals surface area (Å²) in [5.41, 5.74) is -0.284. The maximum Gasteiger partial charge on any atom is 0.328 e. The second-order valence-corrected chi connectivity index (χ2v) is 16.0. The molecule has 4 saturated carbocycles. The van der Waals surface area contributed by atoms with Crippen molar-refractivity contribution in [3.63, 3.8) is 0 Å². The van der Waals surface area contributed by atoms with Crippen LogP contribution in [0.15, 0.2) is 11.6 Å². The molecule has 2 aliphatic heterocycles. The zero-order chi connectivity index (χ0) is 36.3. The van der Waals surface area contributed by atoms with Crippen LogP contribution in [-0.2, 0) is 42.9 Å². The Balaban J connectivity index is 1.05. The van der Waals surface area contributed by atoms with Crippen molar-refractivity contribution >= 4 is 29.5 Å². The number of amides is 3. The lowest BCUT2D eigenvalue weighted by molar-refractivity contribution is -0.153.